The average molecular weight is 387 g/mol. The van der Waals surface area contributed by atoms with E-state index in [-0.39, 0.29) is 19.1 Å². The molecule has 2 rings (SSSR count). The maximum absolute atomic E-state index is 12.1. The van der Waals surface area contributed by atoms with Crippen molar-refractivity contribution in [2.45, 2.75) is 39.1 Å². The van der Waals surface area contributed by atoms with Crippen LogP contribution in [0.4, 0.5) is 10.5 Å². The third-order valence-corrected chi connectivity index (χ3v) is 3.91. The molecular weight excluding hydrogens is 362 g/mol. The Morgan fingerprint density at radius 3 is 2.43 bits per heavy atom. The van der Waals surface area contributed by atoms with Crippen molar-refractivity contribution in [3.63, 3.8) is 0 Å². The quantitative estimate of drug-likeness (QED) is 0.678. The maximum Gasteiger partial charge on any atom is 0.411 e. The van der Waals surface area contributed by atoms with Crippen LogP contribution in [0.25, 0.3) is 0 Å². The van der Waals surface area contributed by atoms with Crippen molar-refractivity contribution in [2.24, 2.45) is 0 Å². The van der Waals surface area contributed by atoms with Crippen LogP contribution in [-0.4, -0.2) is 36.5 Å². The molecule has 150 valence electrons. The van der Waals surface area contributed by atoms with Crippen molar-refractivity contribution in [1.82, 2.24) is 0 Å². The Morgan fingerprint density at radius 2 is 1.79 bits per heavy atom. The molecule has 1 amide bonds. The molecule has 7 nitrogen and oxygen atoms in total. The van der Waals surface area contributed by atoms with Crippen LogP contribution in [0.15, 0.2) is 48.5 Å². The van der Waals surface area contributed by atoms with Gasteiger partial charge >= 0.3 is 12.1 Å². The first-order chi connectivity index (χ1) is 13.4. The van der Waals surface area contributed by atoms with E-state index in [9.17, 15) is 14.7 Å². The van der Waals surface area contributed by atoms with Crippen LogP contribution >= 0.6 is 0 Å². The number of amides is 1. The first-order valence-corrected chi connectivity index (χ1v) is 8.92. The Balaban J connectivity index is 2.00. The molecule has 0 fully saturated rings. The standard InChI is InChI=1S/C21H25NO6/c1-14(2)28-19(20(23)24)11-15-7-4-5-8-16(15)13-27-21(25)22-17-9-6-10-18(12-17)26-3/h4-10,12,14,19H,11,13H2,1-3H3,(H,22,25)(H,23,24). The topological polar surface area (TPSA) is 94.1 Å². The van der Waals surface area contributed by atoms with E-state index < -0.39 is 18.2 Å². The number of carboxylic acid groups (broad SMARTS) is 1. The third-order valence-electron chi connectivity index (χ3n) is 3.91. The summed E-state index contributed by atoms with van der Waals surface area (Å²) >= 11 is 0. The normalized spacial score (nSPS) is 11.7. The lowest BCUT2D eigenvalue weighted by atomic mass is 10.0. The van der Waals surface area contributed by atoms with Crippen molar-refractivity contribution in [1.29, 1.82) is 0 Å². The summed E-state index contributed by atoms with van der Waals surface area (Å²) in [4.78, 5) is 23.5. The molecule has 1 unspecified atom stereocenters. The number of ether oxygens (including phenoxy) is 3. The fraction of sp³-hybridized carbons (Fsp3) is 0.333. The number of hydrogen-bond donors (Lipinski definition) is 2. The van der Waals surface area contributed by atoms with Gasteiger partial charge in [0.05, 0.1) is 13.2 Å². The largest absolute Gasteiger partial charge is 0.497 e. The number of methoxy groups -OCH3 is 1. The van der Waals surface area contributed by atoms with Crippen molar-refractivity contribution in [3.05, 3.63) is 59.7 Å². The van der Waals surface area contributed by atoms with Gasteiger partial charge in [-0.1, -0.05) is 30.3 Å². The molecule has 7 heteroatoms. The predicted molar refractivity (Wildman–Crippen MR) is 105 cm³/mol. The summed E-state index contributed by atoms with van der Waals surface area (Å²) in [7, 11) is 1.54. The molecular formula is C21H25NO6. The number of carbonyl (C=O) groups excluding carboxylic acids is 1. The number of aliphatic carboxylic acids is 1. The highest BCUT2D eigenvalue weighted by Gasteiger charge is 2.21. The summed E-state index contributed by atoms with van der Waals surface area (Å²) in [5, 5.41) is 12.0. The number of carboxylic acids is 1. The fourth-order valence-electron chi connectivity index (χ4n) is 2.62. The van der Waals surface area contributed by atoms with E-state index in [1.165, 1.54) is 0 Å². The number of anilines is 1. The molecule has 0 saturated heterocycles. The van der Waals surface area contributed by atoms with E-state index >= 15 is 0 Å². The van der Waals surface area contributed by atoms with Gasteiger partial charge in [-0.2, -0.15) is 0 Å². The van der Waals surface area contributed by atoms with Gasteiger partial charge in [-0.05, 0) is 37.1 Å². The molecule has 0 spiro atoms. The van der Waals surface area contributed by atoms with Crippen LogP contribution in [0, 0.1) is 0 Å². The smallest absolute Gasteiger partial charge is 0.411 e. The predicted octanol–water partition coefficient (Wildman–Crippen LogP) is 3.86. The van der Waals surface area contributed by atoms with Crippen LogP contribution in [0.2, 0.25) is 0 Å². The highest BCUT2D eigenvalue weighted by Crippen LogP contribution is 2.18. The monoisotopic (exact) mass is 387 g/mol. The second kappa shape index (κ2) is 10.3. The van der Waals surface area contributed by atoms with Crippen LogP contribution in [0.5, 0.6) is 5.75 Å². The summed E-state index contributed by atoms with van der Waals surface area (Å²) in [5.74, 6) is -0.409. The van der Waals surface area contributed by atoms with Gasteiger partial charge in [0.1, 0.15) is 12.4 Å². The molecule has 2 N–H and O–H groups in total. The van der Waals surface area contributed by atoms with Crippen molar-refractivity contribution >= 4 is 17.7 Å². The van der Waals surface area contributed by atoms with Gasteiger partial charge in [-0.25, -0.2) is 9.59 Å². The zero-order valence-electron chi connectivity index (χ0n) is 16.2. The minimum Gasteiger partial charge on any atom is -0.497 e. The number of hydrogen-bond acceptors (Lipinski definition) is 5. The van der Waals surface area contributed by atoms with E-state index in [0.29, 0.717) is 11.4 Å². The van der Waals surface area contributed by atoms with Gasteiger partial charge in [0.2, 0.25) is 0 Å². The molecule has 1 atom stereocenters. The van der Waals surface area contributed by atoms with Crippen LogP contribution in [-0.2, 0) is 27.3 Å². The van der Waals surface area contributed by atoms with E-state index in [1.807, 2.05) is 6.07 Å². The molecule has 0 radical (unpaired) electrons. The van der Waals surface area contributed by atoms with Gasteiger partial charge in [-0.15, -0.1) is 0 Å². The number of nitrogens with one attached hydrogen (secondary N) is 1. The van der Waals surface area contributed by atoms with Crippen molar-refractivity contribution in [3.8, 4) is 5.75 Å². The SMILES string of the molecule is COc1cccc(NC(=O)OCc2ccccc2CC(OC(C)C)C(=O)O)c1. The molecule has 2 aromatic rings. The molecule has 0 aliphatic heterocycles. The molecule has 0 aromatic heterocycles. The molecule has 0 bridgehead atoms. The van der Waals surface area contributed by atoms with Gasteiger partial charge < -0.3 is 19.3 Å². The molecule has 0 saturated carbocycles. The Kier molecular flexibility index (Phi) is 7.83. The zero-order valence-corrected chi connectivity index (χ0v) is 16.2. The van der Waals surface area contributed by atoms with Gasteiger partial charge in [0.15, 0.2) is 6.10 Å². The van der Waals surface area contributed by atoms with Gasteiger partial charge in [0.25, 0.3) is 0 Å². The summed E-state index contributed by atoms with van der Waals surface area (Å²) < 4.78 is 15.9. The van der Waals surface area contributed by atoms with Crippen molar-refractivity contribution in [2.75, 3.05) is 12.4 Å². The van der Waals surface area contributed by atoms with E-state index in [2.05, 4.69) is 5.32 Å². The highest BCUT2D eigenvalue weighted by atomic mass is 16.5. The lowest BCUT2D eigenvalue weighted by Gasteiger charge is -2.18. The Hall–Kier alpha value is -3.06. The maximum atomic E-state index is 12.1. The second-order valence-corrected chi connectivity index (χ2v) is 6.42. The molecule has 0 aliphatic rings. The lowest BCUT2D eigenvalue weighted by molar-refractivity contribution is -0.153. The summed E-state index contributed by atoms with van der Waals surface area (Å²) in [6, 6.07) is 14.1. The summed E-state index contributed by atoms with van der Waals surface area (Å²) in [6.07, 6.45) is -1.61. The number of rotatable bonds is 9. The Bertz CT molecular complexity index is 805. The van der Waals surface area contributed by atoms with E-state index in [4.69, 9.17) is 14.2 Å². The Morgan fingerprint density at radius 1 is 1.07 bits per heavy atom. The lowest BCUT2D eigenvalue weighted by Crippen LogP contribution is -2.29. The van der Waals surface area contributed by atoms with E-state index in [1.54, 1.807) is 63.4 Å². The fourth-order valence-corrected chi connectivity index (χ4v) is 2.62. The zero-order chi connectivity index (χ0) is 20.5. The third kappa shape index (κ3) is 6.59. The number of benzene rings is 2. The van der Waals surface area contributed by atoms with Gasteiger partial charge in [0, 0.05) is 18.2 Å². The average Bonchev–Trinajstić information content (AvgIpc) is 2.66. The van der Waals surface area contributed by atoms with Crippen molar-refractivity contribution < 1.29 is 28.9 Å². The molecule has 2 aromatic carbocycles. The summed E-state index contributed by atoms with van der Waals surface area (Å²) in [6.45, 7) is 3.59. The first kappa shape index (κ1) is 21.2. The Labute approximate surface area is 164 Å². The van der Waals surface area contributed by atoms with Crippen LogP contribution < -0.4 is 10.1 Å². The molecule has 0 heterocycles. The van der Waals surface area contributed by atoms with Gasteiger partial charge in [-0.3, -0.25) is 5.32 Å². The van der Waals surface area contributed by atoms with Crippen LogP contribution in [0.3, 0.4) is 0 Å². The second-order valence-electron chi connectivity index (χ2n) is 6.42. The minimum absolute atomic E-state index is 0.0139. The summed E-state index contributed by atoms with van der Waals surface area (Å²) in [5.41, 5.74) is 2.03. The number of carbonyl (C=O) groups is 2. The molecule has 0 aliphatic carbocycles. The first-order valence-electron chi connectivity index (χ1n) is 8.92. The van der Waals surface area contributed by atoms with E-state index in [0.717, 1.165) is 11.1 Å². The highest BCUT2D eigenvalue weighted by molar-refractivity contribution is 5.84. The van der Waals surface area contributed by atoms with Crippen LogP contribution in [0.1, 0.15) is 25.0 Å². The molecule has 28 heavy (non-hydrogen) atoms. The minimum atomic E-state index is -1.03.